The Bertz CT molecular complexity index is 916. The van der Waals surface area contributed by atoms with Gasteiger partial charge < -0.3 is 10.1 Å². The van der Waals surface area contributed by atoms with Crippen LogP contribution in [0.3, 0.4) is 0 Å². The normalized spacial score (nSPS) is 10.6. The minimum absolute atomic E-state index is 0.0238. The zero-order valence-corrected chi connectivity index (χ0v) is 16.7. The minimum atomic E-state index is -0.120. The fraction of sp³-hybridized carbons (Fsp3) is 0.273. The SMILES string of the molecule is Cc1ccc(-c2nc(CCNC(=O)COc3cccc(C)c3C)cs2)cc1. The molecular weight excluding hydrogens is 356 g/mol. The van der Waals surface area contributed by atoms with E-state index in [0.29, 0.717) is 13.0 Å². The predicted molar refractivity (Wildman–Crippen MR) is 110 cm³/mol. The molecular formula is C22H24N2O2S. The zero-order chi connectivity index (χ0) is 19.2. The van der Waals surface area contributed by atoms with Gasteiger partial charge in [-0.2, -0.15) is 0 Å². The first-order valence-electron chi connectivity index (χ1n) is 9.00. The van der Waals surface area contributed by atoms with Crippen molar-refractivity contribution in [3.05, 3.63) is 70.2 Å². The van der Waals surface area contributed by atoms with Gasteiger partial charge in [0.2, 0.25) is 0 Å². The molecule has 0 saturated heterocycles. The van der Waals surface area contributed by atoms with Crippen molar-refractivity contribution in [2.45, 2.75) is 27.2 Å². The molecule has 0 atom stereocenters. The summed E-state index contributed by atoms with van der Waals surface area (Å²) in [5.41, 5.74) is 5.58. The standard InChI is InChI=1S/C22H24N2O2S/c1-15-7-9-18(10-8-15)22-24-19(14-27-22)11-12-23-21(25)13-26-20-6-4-5-16(2)17(20)3/h4-10,14H,11-13H2,1-3H3,(H,23,25). The van der Waals surface area contributed by atoms with Gasteiger partial charge in [-0.05, 0) is 38.0 Å². The van der Waals surface area contributed by atoms with E-state index in [0.717, 1.165) is 33.1 Å². The van der Waals surface area contributed by atoms with Gasteiger partial charge in [0.1, 0.15) is 10.8 Å². The highest BCUT2D eigenvalue weighted by Gasteiger charge is 2.08. The van der Waals surface area contributed by atoms with Gasteiger partial charge in [0.15, 0.2) is 6.61 Å². The van der Waals surface area contributed by atoms with Gasteiger partial charge in [0.05, 0.1) is 5.69 Å². The topological polar surface area (TPSA) is 51.2 Å². The van der Waals surface area contributed by atoms with Crippen LogP contribution in [-0.2, 0) is 11.2 Å². The maximum absolute atomic E-state index is 12.0. The summed E-state index contributed by atoms with van der Waals surface area (Å²) in [6, 6.07) is 14.2. The lowest BCUT2D eigenvalue weighted by Crippen LogP contribution is -2.30. The summed E-state index contributed by atoms with van der Waals surface area (Å²) in [4.78, 5) is 16.7. The highest BCUT2D eigenvalue weighted by atomic mass is 32.1. The molecule has 140 valence electrons. The number of ether oxygens (including phenoxy) is 1. The molecule has 0 aliphatic carbocycles. The summed E-state index contributed by atoms with van der Waals surface area (Å²) in [5, 5.41) is 5.95. The lowest BCUT2D eigenvalue weighted by Gasteiger charge is -2.10. The van der Waals surface area contributed by atoms with Crippen molar-refractivity contribution in [2.75, 3.05) is 13.2 Å². The van der Waals surface area contributed by atoms with E-state index in [2.05, 4.69) is 41.5 Å². The smallest absolute Gasteiger partial charge is 0.257 e. The number of hydrogen-bond donors (Lipinski definition) is 1. The average molecular weight is 381 g/mol. The summed E-state index contributed by atoms with van der Waals surface area (Å²) in [6.07, 6.45) is 0.706. The summed E-state index contributed by atoms with van der Waals surface area (Å²) in [6.45, 7) is 6.67. The monoisotopic (exact) mass is 380 g/mol. The number of carbonyl (C=O) groups excluding carboxylic acids is 1. The Morgan fingerprint density at radius 3 is 2.67 bits per heavy atom. The number of aryl methyl sites for hydroxylation is 2. The van der Waals surface area contributed by atoms with E-state index in [1.165, 1.54) is 5.56 Å². The minimum Gasteiger partial charge on any atom is -0.483 e. The van der Waals surface area contributed by atoms with Gasteiger partial charge in [-0.15, -0.1) is 11.3 Å². The Balaban J connectivity index is 1.45. The van der Waals surface area contributed by atoms with Gasteiger partial charge >= 0.3 is 0 Å². The van der Waals surface area contributed by atoms with Crippen LogP contribution >= 0.6 is 11.3 Å². The Kier molecular flexibility index (Phi) is 6.24. The van der Waals surface area contributed by atoms with Crippen molar-refractivity contribution in [1.82, 2.24) is 10.3 Å². The van der Waals surface area contributed by atoms with Crippen molar-refractivity contribution in [1.29, 1.82) is 0 Å². The third kappa shape index (κ3) is 5.17. The molecule has 4 nitrogen and oxygen atoms in total. The van der Waals surface area contributed by atoms with E-state index in [4.69, 9.17) is 4.74 Å². The molecule has 1 N–H and O–H groups in total. The van der Waals surface area contributed by atoms with Crippen LogP contribution in [0.15, 0.2) is 47.8 Å². The van der Waals surface area contributed by atoms with E-state index >= 15 is 0 Å². The largest absolute Gasteiger partial charge is 0.483 e. The number of benzene rings is 2. The van der Waals surface area contributed by atoms with Crippen molar-refractivity contribution in [2.24, 2.45) is 0 Å². The van der Waals surface area contributed by atoms with Crippen LogP contribution in [0.2, 0.25) is 0 Å². The van der Waals surface area contributed by atoms with Gasteiger partial charge in [-0.3, -0.25) is 4.79 Å². The van der Waals surface area contributed by atoms with Crippen LogP contribution in [0.1, 0.15) is 22.4 Å². The molecule has 5 heteroatoms. The number of hydrogen-bond acceptors (Lipinski definition) is 4. The van der Waals surface area contributed by atoms with Crippen molar-refractivity contribution < 1.29 is 9.53 Å². The number of thiazole rings is 1. The molecule has 2 aromatic carbocycles. The van der Waals surface area contributed by atoms with Crippen LogP contribution in [0.5, 0.6) is 5.75 Å². The number of nitrogens with one attached hydrogen (secondary N) is 1. The predicted octanol–water partition coefficient (Wildman–Crippen LogP) is 4.47. The second-order valence-corrected chi connectivity index (χ2v) is 7.45. The molecule has 1 amide bonds. The molecule has 0 fully saturated rings. The molecule has 0 bridgehead atoms. The molecule has 0 saturated carbocycles. The number of nitrogens with zero attached hydrogens (tertiary/aromatic N) is 1. The van der Waals surface area contributed by atoms with E-state index in [-0.39, 0.29) is 12.5 Å². The average Bonchev–Trinajstić information content (AvgIpc) is 3.12. The Hall–Kier alpha value is -2.66. The zero-order valence-electron chi connectivity index (χ0n) is 15.9. The van der Waals surface area contributed by atoms with Crippen molar-refractivity contribution in [3.8, 4) is 16.3 Å². The van der Waals surface area contributed by atoms with Gasteiger partial charge in [0.25, 0.3) is 5.91 Å². The molecule has 1 heterocycles. The third-order valence-electron chi connectivity index (χ3n) is 4.47. The number of carbonyl (C=O) groups is 1. The lowest BCUT2D eigenvalue weighted by atomic mass is 10.1. The van der Waals surface area contributed by atoms with Gasteiger partial charge in [-0.25, -0.2) is 4.98 Å². The number of amides is 1. The second kappa shape index (κ2) is 8.82. The molecule has 0 aliphatic heterocycles. The number of rotatable bonds is 7. The summed E-state index contributed by atoms with van der Waals surface area (Å²) >= 11 is 1.63. The van der Waals surface area contributed by atoms with Crippen molar-refractivity contribution >= 4 is 17.2 Å². The molecule has 0 radical (unpaired) electrons. The fourth-order valence-corrected chi connectivity index (χ4v) is 3.52. The van der Waals surface area contributed by atoms with E-state index in [1.54, 1.807) is 11.3 Å². The van der Waals surface area contributed by atoms with E-state index in [1.807, 2.05) is 37.4 Å². The maximum atomic E-state index is 12.0. The first-order valence-corrected chi connectivity index (χ1v) is 9.88. The molecule has 3 aromatic rings. The van der Waals surface area contributed by atoms with E-state index < -0.39 is 0 Å². The van der Waals surface area contributed by atoms with Crippen molar-refractivity contribution in [3.63, 3.8) is 0 Å². The summed E-state index contributed by atoms with van der Waals surface area (Å²) < 4.78 is 5.63. The molecule has 3 rings (SSSR count). The lowest BCUT2D eigenvalue weighted by molar-refractivity contribution is -0.123. The van der Waals surface area contributed by atoms with Crippen LogP contribution < -0.4 is 10.1 Å². The molecule has 0 unspecified atom stereocenters. The second-order valence-electron chi connectivity index (χ2n) is 6.60. The molecule has 0 aliphatic rings. The Labute approximate surface area is 164 Å². The first-order chi connectivity index (χ1) is 13.0. The van der Waals surface area contributed by atoms with Crippen LogP contribution in [-0.4, -0.2) is 24.0 Å². The summed E-state index contributed by atoms with van der Waals surface area (Å²) in [7, 11) is 0. The molecule has 0 spiro atoms. The maximum Gasteiger partial charge on any atom is 0.257 e. The fourth-order valence-electron chi connectivity index (χ4n) is 2.66. The number of aromatic nitrogens is 1. The third-order valence-corrected chi connectivity index (χ3v) is 5.41. The quantitative estimate of drug-likeness (QED) is 0.658. The molecule has 27 heavy (non-hydrogen) atoms. The van der Waals surface area contributed by atoms with E-state index in [9.17, 15) is 4.79 Å². The highest BCUT2D eigenvalue weighted by molar-refractivity contribution is 7.13. The highest BCUT2D eigenvalue weighted by Crippen LogP contribution is 2.24. The first kappa shape index (κ1) is 19.1. The Morgan fingerprint density at radius 2 is 1.89 bits per heavy atom. The van der Waals surface area contributed by atoms with Crippen LogP contribution in [0, 0.1) is 20.8 Å². The Morgan fingerprint density at radius 1 is 1.11 bits per heavy atom. The van der Waals surface area contributed by atoms with Gasteiger partial charge in [0, 0.05) is 23.9 Å². The summed E-state index contributed by atoms with van der Waals surface area (Å²) in [5.74, 6) is 0.636. The van der Waals surface area contributed by atoms with Crippen LogP contribution in [0.4, 0.5) is 0 Å². The van der Waals surface area contributed by atoms with Gasteiger partial charge in [-0.1, -0.05) is 42.0 Å². The molecule has 1 aromatic heterocycles. The van der Waals surface area contributed by atoms with Crippen LogP contribution in [0.25, 0.3) is 10.6 Å².